The number of nitrogens with one attached hydrogen (secondary N) is 3. The SMILES string of the molecule is O=C(Nc1ccc(NC(=S)NC(=O)c2ccccc2Br)cc1)c1ccccc1. The molecule has 5 nitrogen and oxygen atoms in total. The predicted octanol–water partition coefficient (Wildman–Crippen LogP) is 4.83. The van der Waals surface area contributed by atoms with Crippen LogP contribution in [0.5, 0.6) is 0 Å². The van der Waals surface area contributed by atoms with Crippen molar-refractivity contribution in [1.82, 2.24) is 5.32 Å². The van der Waals surface area contributed by atoms with E-state index in [0.29, 0.717) is 27.0 Å². The Balaban J connectivity index is 1.56. The fourth-order valence-corrected chi connectivity index (χ4v) is 3.08. The van der Waals surface area contributed by atoms with E-state index < -0.39 is 0 Å². The Kier molecular flexibility index (Phi) is 6.52. The van der Waals surface area contributed by atoms with E-state index >= 15 is 0 Å². The van der Waals surface area contributed by atoms with Gasteiger partial charge in [-0.25, -0.2) is 0 Å². The topological polar surface area (TPSA) is 70.2 Å². The molecule has 140 valence electrons. The number of carbonyl (C=O) groups is 2. The molecular formula is C21H16BrN3O2S. The molecule has 0 atom stereocenters. The van der Waals surface area contributed by atoms with Crippen molar-refractivity contribution in [2.24, 2.45) is 0 Å². The van der Waals surface area contributed by atoms with E-state index in [-0.39, 0.29) is 16.9 Å². The van der Waals surface area contributed by atoms with Gasteiger partial charge in [-0.3, -0.25) is 14.9 Å². The molecule has 28 heavy (non-hydrogen) atoms. The number of carbonyl (C=O) groups excluding carboxylic acids is 2. The summed E-state index contributed by atoms with van der Waals surface area (Å²) in [5.41, 5.74) is 2.42. The average molecular weight is 454 g/mol. The summed E-state index contributed by atoms with van der Waals surface area (Å²) in [5.74, 6) is -0.491. The van der Waals surface area contributed by atoms with Gasteiger partial charge >= 0.3 is 0 Å². The molecule has 0 radical (unpaired) electrons. The summed E-state index contributed by atoms with van der Waals surface area (Å²) in [5, 5.41) is 8.59. The van der Waals surface area contributed by atoms with Crippen LogP contribution in [0.1, 0.15) is 20.7 Å². The zero-order chi connectivity index (χ0) is 19.9. The van der Waals surface area contributed by atoms with E-state index in [4.69, 9.17) is 12.2 Å². The van der Waals surface area contributed by atoms with Gasteiger partial charge in [0.2, 0.25) is 0 Å². The van der Waals surface area contributed by atoms with E-state index in [1.807, 2.05) is 24.3 Å². The smallest absolute Gasteiger partial charge is 0.258 e. The van der Waals surface area contributed by atoms with Gasteiger partial charge in [0.05, 0.1) is 5.56 Å². The molecule has 0 spiro atoms. The number of hydrogen-bond acceptors (Lipinski definition) is 3. The summed E-state index contributed by atoms with van der Waals surface area (Å²) < 4.78 is 0.689. The zero-order valence-corrected chi connectivity index (χ0v) is 17.0. The fraction of sp³-hybridized carbons (Fsp3) is 0. The number of benzene rings is 3. The highest BCUT2D eigenvalue weighted by Gasteiger charge is 2.11. The Morgan fingerprint density at radius 1 is 0.714 bits per heavy atom. The molecule has 0 saturated carbocycles. The third-order valence-electron chi connectivity index (χ3n) is 3.78. The predicted molar refractivity (Wildman–Crippen MR) is 119 cm³/mol. The van der Waals surface area contributed by atoms with Gasteiger partial charge in [0, 0.05) is 21.4 Å². The molecule has 3 rings (SSSR count). The van der Waals surface area contributed by atoms with Crippen molar-refractivity contribution >= 4 is 56.4 Å². The van der Waals surface area contributed by atoms with Gasteiger partial charge < -0.3 is 10.6 Å². The van der Waals surface area contributed by atoms with Crippen LogP contribution in [0, 0.1) is 0 Å². The van der Waals surface area contributed by atoms with Crippen molar-refractivity contribution in [2.75, 3.05) is 10.6 Å². The van der Waals surface area contributed by atoms with Crippen LogP contribution < -0.4 is 16.0 Å². The molecule has 3 aromatic rings. The quantitative estimate of drug-likeness (QED) is 0.494. The second kappa shape index (κ2) is 9.25. The first-order valence-corrected chi connectivity index (χ1v) is 9.56. The van der Waals surface area contributed by atoms with E-state index in [1.54, 1.807) is 54.6 Å². The monoisotopic (exact) mass is 453 g/mol. The fourth-order valence-electron chi connectivity index (χ4n) is 2.41. The summed E-state index contributed by atoms with van der Waals surface area (Å²) in [6.45, 7) is 0. The molecule has 3 aromatic carbocycles. The minimum atomic E-state index is -0.309. The third-order valence-corrected chi connectivity index (χ3v) is 4.68. The molecule has 2 amide bonds. The van der Waals surface area contributed by atoms with Crippen LogP contribution in [0.4, 0.5) is 11.4 Å². The normalized spacial score (nSPS) is 10.0. The van der Waals surface area contributed by atoms with Crippen LogP contribution in [0.15, 0.2) is 83.3 Å². The number of amides is 2. The lowest BCUT2D eigenvalue weighted by molar-refractivity contribution is 0.0975. The summed E-state index contributed by atoms with van der Waals surface area (Å²) in [4.78, 5) is 24.4. The Bertz CT molecular complexity index is 1010. The van der Waals surface area contributed by atoms with Crippen LogP contribution in [0.3, 0.4) is 0 Å². The van der Waals surface area contributed by atoms with E-state index in [1.165, 1.54) is 0 Å². The highest BCUT2D eigenvalue weighted by Crippen LogP contribution is 2.17. The zero-order valence-electron chi connectivity index (χ0n) is 14.6. The largest absolute Gasteiger partial charge is 0.332 e. The third kappa shape index (κ3) is 5.25. The Hall–Kier alpha value is -3.03. The van der Waals surface area contributed by atoms with Crippen molar-refractivity contribution in [3.05, 3.63) is 94.5 Å². The van der Waals surface area contributed by atoms with Gasteiger partial charge in [0.1, 0.15) is 0 Å². The van der Waals surface area contributed by atoms with Crippen molar-refractivity contribution in [2.45, 2.75) is 0 Å². The van der Waals surface area contributed by atoms with Crippen LogP contribution in [0.25, 0.3) is 0 Å². The minimum Gasteiger partial charge on any atom is -0.332 e. The van der Waals surface area contributed by atoms with E-state index in [0.717, 1.165) is 0 Å². The second-order valence-corrected chi connectivity index (χ2v) is 7.05. The Labute approximate surface area is 176 Å². The summed E-state index contributed by atoms with van der Waals surface area (Å²) in [6.07, 6.45) is 0. The highest BCUT2D eigenvalue weighted by atomic mass is 79.9. The van der Waals surface area contributed by atoms with E-state index in [9.17, 15) is 9.59 Å². The molecule has 0 aliphatic heterocycles. The number of anilines is 2. The van der Waals surface area contributed by atoms with Gasteiger partial charge in [0.15, 0.2) is 5.11 Å². The Morgan fingerprint density at radius 3 is 1.93 bits per heavy atom. The molecule has 0 aromatic heterocycles. The second-order valence-electron chi connectivity index (χ2n) is 5.79. The lowest BCUT2D eigenvalue weighted by Crippen LogP contribution is -2.34. The molecule has 0 aliphatic rings. The minimum absolute atomic E-state index is 0.182. The maximum atomic E-state index is 12.3. The van der Waals surface area contributed by atoms with Crippen LogP contribution >= 0.6 is 28.1 Å². The average Bonchev–Trinajstić information content (AvgIpc) is 2.70. The van der Waals surface area contributed by atoms with Crippen molar-refractivity contribution in [3.8, 4) is 0 Å². The molecule has 0 saturated heterocycles. The number of hydrogen-bond donors (Lipinski definition) is 3. The molecule has 0 aliphatic carbocycles. The summed E-state index contributed by atoms with van der Waals surface area (Å²) in [6, 6.07) is 23.1. The Morgan fingerprint density at radius 2 is 1.29 bits per heavy atom. The van der Waals surface area contributed by atoms with Crippen molar-refractivity contribution in [3.63, 3.8) is 0 Å². The molecule has 3 N–H and O–H groups in total. The maximum Gasteiger partial charge on any atom is 0.258 e. The molecule has 0 bridgehead atoms. The first-order valence-electron chi connectivity index (χ1n) is 8.36. The maximum absolute atomic E-state index is 12.3. The van der Waals surface area contributed by atoms with Crippen molar-refractivity contribution in [1.29, 1.82) is 0 Å². The lowest BCUT2D eigenvalue weighted by Gasteiger charge is -2.11. The number of rotatable bonds is 4. The molecule has 0 fully saturated rings. The molecule has 7 heteroatoms. The van der Waals surface area contributed by atoms with E-state index in [2.05, 4.69) is 31.9 Å². The summed E-state index contributed by atoms with van der Waals surface area (Å²) in [7, 11) is 0. The summed E-state index contributed by atoms with van der Waals surface area (Å²) >= 11 is 8.53. The van der Waals surface area contributed by atoms with Gasteiger partial charge in [-0.1, -0.05) is 30.3 Å². The highest BCUT2D eigenvalue weighted by molar-refractivity contribution is 9.10. The number of thiocarbonyl (C=S) groups is 1. The first kappa shape index (κ1) is 19.7. The van der Waals surface area contributed by atoms with Crippen LogP contribution in [-0.2, 0) is 0 Å². The lowest BCUT2D eigenvalue weighted by atomic mass is 10.2. The van der Waals surface area contributed by atoms with Crippen LogP contribution in [-0.4, -0.2) is 16.9 Å². The van der Waals surface area contributed by atoms with Gasteiger partial charge in [-0.05, 0) is 76.7 Å². The molecule has 0 unspecified atom stereocenters. The van der Waals surface area contributed by atoms with Gasteiger partial charge in [0.25, 0.3) is 11.8 Å². The van der Waals surface area contributed by atoms with Gasteiger partial charge in [-0.15, -0.1) is 0 Å². The van der Waals surface area contributed by atoms with Gasteiger partial charge in [-0.2, -0.15) is 0 Å². The standard InChI is InChI=1S/C21H16BrN3O2S/c22-18-9-5-4-8-17(18)20(27)25-21(28)24-16-12-10-15(11-13-16)23-19(26)14-6-2-1-3-7-14/h1-13H,(H,23,26)(H2,24,25,27,28). The van der Waals surface area contributed by atoms with Crippen LogP contribution in [0.2, 0.25) is 0 Å². The number of halogens is 1. The molecular weight excluding hydrogens is 438 g/mol. The van der Waals surface area contributed by atoms with Crippen molar-refractivity contribution < 1.29 is 9.59 Å². The molecule has 0 heterocycles. The first-order chi connectivity index (χ1) is 13.5.